The molecule has 15 heavy (non-hydrogen) atoms. The summed E-state index contributed by atoms with van der Waals surface area (Å²) < 4.78 is 14.4. The molecule has 0 unspecified atom stereocenters. The second kappa shape index (κ2) is 3.81. The van der Waals surface area contributed by atoms with Crippen LogP contribution in [0.3, 0.4) is 0 Å². The van der Waals surface area contributed by atoms with Crippen LogP contribution in [0.25, 0.3) is 0 Å². The van der Waals surface area contributed by atoms with Gasteiger partial charge in [0.2, 0.25) is 0 Å². The average Bonchev–Trinajstić information content (AvgIpc) is 2.23. The van der Waals surface area contributed by atoms with Crippen molar-refractivity contribution >= 4 is 22.0 Å². The Hall–Kier alpha value is -1.10. The maximum Gasteiger partial charge on any atom is 0.315 e. The Morgan fingerprint density at radius 3 is 2.87 bits per heavy atom. The third kappa shape index (κ3) is 1.84. The third-order valence-electron chi connectivity index (χ3n) is 2.61. The van der Waals surface area contributed by atoms with E-state index in [1.165, 1.54) is 11.0 Å². The van der Waals surface area contributed by atoms with Gasteiger partial charge in [0.15, 0.2) is 0 Å². The molecule has 2 amide bonds. The summed E-state index contributed by atoms with van der Waals surface area (Å²) in [6.07, 6.45) is 0.636. The first-order valence-electron chi connectivity index (χ1n) is 4.59. The van der Waals surface area contributed by atoms with E-state index in [4.69, 9.17) is 5.73 Å². The first-order chi connectivity index (χ1) is 7.09. The molecule has 1 heterocycles. The molecule has 0 saturated heterocycles. The van der Waals surface area contributed by atoms with Gasteiger partial charge in [0.25, 0.3) is 0 Å². The molecule has 1 aliphatic rings. The van der Waals surface area contributed by atoms with Crippen LogP contribution in [-0.4, -0.2) is 17.5 Å². The van der Waals surface area contributed by atoms with Crippen molar-refractivity contribution in [3.05, 3.63) is 33.5 Å². The van der Waals surface area contributed by atoms with E-state index in [0.717, 1.165) is 10.0 Å². The number of carbonyl (C=O) groups excluding carboxylic acids is 1. The Morgan fingerprint density at radius 1 is 1.47 bits per heavy atom. The summed E-state index contributed by atoms with van der Waals surface area (Å²) in [5.74, 6) is -0.279. The lowest BCUT2D eigenvalue weighted by Crippen LogP contribution is -2.40. The van der Waals surface area contributed by atoms with Gasteiger partial charge in [-0.1, -0.05) is 15.9 Å². The van der Waals surface area contributed by atoms with Gasteiger partial charge in [-0.3, -0.25) is 0 Å². The maximum absolute atomic E-state index is 13.5. The van der Waals surface area contributed by atoms with Crippen LogP contribution >= 0.6 is 15.9 Å². The number of fused-ring (bicyclic) bond motifs is 1. The highest BCUT2D eigenvalue weighted by atomic mass is 79.9. The number of benzene rings is 1. The van der Waals surface area contributed by atoms with Gasteiger partial charge in [-0.15, -0.1) is 0 Å². The quantitative estimate of drug-likeness (QED) is 0.772. The number of nitrogens with two attached hydrogens (primary N) is 1. The largest absolute Gasteiger partial charge is 0.351 e. The molecule has 0 spiro atoms. The van der Waals surface area contributed by atoms with Crippen LogP contribution in [0, 0.1) is 5.82 Å². The number of nitrogens with zero attached hydrogens (tertiary/aromatic N) is 1. The van der Waals surface area contributed by atoms with Crippen LogP contribution in [0.2, 0.25) is 0 Å². The zero-order valence-corrected chi connectivity index (χ0v) is 9.55. The molecule has 0 atom stereocenters. The zero-order valence-electron chi connectivity index (χ0n) is 7.96. The molecule has 5 heteroatoms. The number of hydrogen-bond acceptors (Lipinski definition) is 1. The van der Waals surface area contributed by atoms with Crippen molar-refractivity contribution in [2.24, 2.45) is 5.73 Å². The smallest absolute Gasteiger partial charge is 0.315 e. The van der Waals surface area contributed by atoms with Crippen LogP contribution < -0.4 is 5.73 Å². The van der Waals surface area contributed by atoms with Crippen LogP contribution in [0.1, 0.15) is 11.1 Å². The van der Waals surface area contributed by atoms with Crippen LogP contribution in [0.4, 0.5) is 9.18 Å². The fraction of sp³-hybridized carbons (Fsp3) is 0.300. The summed E-state index contributed by atoms with van der Waals surface area (Å²) in [5, 5.41) is 0. The number of amides is 2. The predicted octanol–water partition coefficient (Wildman–Crippen LogP) is 2.03. The Bertz CT molecular complexity index is 422. The highest BCUT2D eigenvalue weighted by Gasteiger charge is 2.22. The lowest BCUT2D eigenvalue weighted by atomic mass is 9.99. The molecule has 2 rings (SSSR count). The fourth-order valence-corrected chi connectivity index (χ4v) is 2.35. The molecular formula is C10H10BrFN2O. The van der Waals surface area contributed by atoms with Gasteiger partial charge >= 0.3 is 6.03 Å². The van der Waals surface area contributed by atoms with Crippen molar-refractivity contribution in [3.8, 4) is 0 Å². The molecule has 0 bridgehead atoms. The van der Waals surface area contributed by atoms with E-state index >= 15 is 0 Å². The minimum Gasteiger partial charge on any atom is -0.351 e. The standard InChI is InChI=1S/C10H10BrFN2O/c11-8-1-2-9(12)7-5-14(10(13)15)4-3-6(7)8/h1-2H,3-5H2,(H2,13,15). The number of carbonyl (C=O) groups is 1. The highest BCUT2D eigenvalue weighted by Crippen LogP contribution is 2.28. The fourth-order valence-electron chi connectivity index (χ4n) is 1.78. The summed E-state index contributed by atoms with van der Waals surface area (Å²) in [6.45, 7) is 0.806. The number of hydrogen-bond donors (Lipinski definition) is 1. The molecule has 0 aromatic heterocycles. The second-order valence-electron chi connectivity index (χ2n) is 3.50. The molecule has 1 aliphatic heterocycles. The van der Waals surface area contributed by atoms with Gasteiger partial charge in [-0.2, -0.15) is 0 Å². The van der Waals surface area contributed by atoms with Crippen LogP contribution in [0.15, 0.2) is 16.6 Å². The summed E-state index contributed by atoms with van der Waals surface area (Å²) in [5.41, 5.74) is 6.67. The molecule has 0 aliphatic carbocycles. The minimum absolute atomic E-state index is 0.260. The lowest BCUT2D eigenvalue weighted by molar-refractivity contribution is 0.201. The summed E-state index contributed by atoms with van der Waals surface area (Å²) >= 11 is 3.37. The third-order valence-corrected chi connectivity index (χ3v) is 3.35. The van der Waals surface area contributed by atoms with E-state index in [-0.39, 0.29) is 12.4 Å². The normalized spacial score (nSPS) is 14.9. The molecule has 0 saturated carbocycles. The number of halogens is 2. The minimum atomic E-state index is -0.500. The van der Waals surface area contributed by atoms with Crippen molar-refractivity contribution in [1.82, 2.24) is 4.90 Å². The molecular weight excluding hydrogens is 263 g/mol. The van der Waals surface area contributed by atoms with Crippen LogP contribution in [-0.2, 0) is 13.0 Å². The van der Waals surface area contributed by atoms with Crippen molar-refractivity contribution in [3.63, 3.8) is 0 Å². The average molecular weight is 273 g/mol. The first-order valence-corrected chi connectivity index (χ1v) is 5.39. The molecule has 1 aromatic carbocycles. The van der Waals surface area contributed by atoms with E-state index in [1.54, 1.807) is 6.07 Å². The van der Waals surface area contributed by atoms with E-state index in [0.29, 0.717) is 18.5 Å². The monoisotopic (exact) mass is 272 g/mol. The Balaban J connectivity index is 2.41. The number of primary amides is 1. The number of urea groups is 1. The molecule has 2 N–H and O–H groups in total. The van der Waals surface area contributed by atoms with Gasteiger partial charge in [0, 0.05) is 16.6 Å². The summed E-state index contributed by atoms with van der Waals surface area (Å²) in [4.78, 5) is 12.4. The van der Waals surface area contributed by atoms with Gasteiger partial charge < -0.3 is 10.6 Å². The van der Waals surface area contributed by atoms with E-state index in [1.807, 2.05) is 0 Å². The van der Waals surface area contributed by atoms with Crippen molar-refractivity contribution in [2.75, 3.05) is 6.54 Å². The zero-order chi connectivity index (χ0) is 11.0. The summed E-state index contributed by atoms with van der Waals surface area (Å²) in [6, 6.07) is 2.58. The lowest BCUT2D eigenvalue weighted by Gasteiger charge is -2.28. The topological polar surface area (TPSA) is 46.3 Å². The Labute approximate surface area is 95.2 Å². The van der Waals surface area contributed by atoms with E-state index in [2.05, 4.69) is 15.9 Å². The predicted molar refractivity (Wildman–Crippen MR) is 57.8 cm³/mol. The summed E-state index contributed by atoms with van der Waals surface area (Å²) in [7, 11) is 0. The van der Waals surface area contributed by atoms with E-state index in [9.17, 15) is 9.18 Å². The Kier molecular flexibility index (Phi) is 2.65. The van der Waals surface area contributed by atoms with Gasteiger partial charge in [-0.25, -0.2) is 9.18 Å². The molecule has 1 aromatic rings. The van der Waals surface area contributed by atoms with Gasteiger partial charge in [-0.05, 0) is 24.1 Å². The molecule has 0 fully saturated rings. The maximum atomic E-state index is 13.5. The number of rotatable bonds is 0. The van der Waals surface area contributed by atoms with Gasteiger partial charge in [0.05, 0.1) is 6.54 Å². The van der Waals surface area contributed by atoms with Gasteiger partial charge in [0.1, 0.15) is 5.82 Å². The molecule has 0 radical (unpaired) electrons. The van der Waals surface area contributed by atoms with Crippen LogP contribution in [0.5, 0.6) is 0 Å². The Morgan fingerprint density at radius 2 is 2.20 bits per heavy atom. The van der Waals surface area contributed by atoms with Crippen molar-refractivity contribution in [2.45, 2.75) is 13.0 Å². The highest BCUT2D eigenvalue weighted by molar-refractivity contribution is 9.10. The SMILES string of the molecule is NC(=O)N1CCc2c(Br)ccc(F)c2C1. The molecule has 3 nitrogen and oxygen atoms in total. The molecule has 80 valence electrons. The first kappa shape index (κ1) is 10.4. The van der Waals surface area contributed by atoms with E-state index < -0.39 is 6.03 Å². The van der Waals surface area contributed by atoms with Crippen molar-refractivity contribution < 1.29 is 9.18 Å². The second-order valence-corrected chi connectivity index (χ2v) is 4.35. The van der Waals surface area contributed by atoms with Crippen molar-refractivity contribution in [1.29, 1.82) is 0 Å².